The van der Waals surface area contributed by atoms with Gasteiger partial charge in [-0.15, -0.1) is 0 Å². The minimum Gasteiger partial charge on any atom is -0.151 e. The number of hydrogen-bond acceptors (Lipinski definition) is 3. The van der Waals surface area contributed by atoms with E-state index >= 15 is 0 Å². The average Bonchev–Trinajstić information content (AvgIpc) is 2.96. The molecule has 94 valence electrons. The van der Waals surface area contributed by atoms with Crippen LogP contribution in [0.15, 0.2) is 69.6 Å². The van der Waals surface area contributed by atoms with E-state index in [1.54, 1.807) is 22.1 Å². The van der Waals surface area contributed by atoms with E-state index in [0.717, 1.165) is 0 Å². The minimum atomic E-state index is 1.34. The van der Waals surface area contributed by atoms with Gasteiger partial charge in [0.15, 0.2) is 0 Å². The molecular formula is C16H12S3. The Balaban J connectivity index is 0.000000117. The third-order valence-corrected chi connectivity index (χ3v) is 5.58. The van der Waals surface area contributed by atoms with E-state index in [0.29, 0.717) is 0 Å². The molecule has 1 aliphatic rings. The quantitative estimate of drug-likeness (QED) is 0.446. The van der Waals surface area contributed by atoms with E-state index in [9.17, 15) is 0 Å². The van der Waals surface area contributed by atoms with E-state index in [1.165, 1.54) is 21.2 Å². The van der Waals surface area contributed by atoms with Gasteiger partial charge in [0.1, 0.15) is 0 Å². The number of hydrogen-bond donors (Lipinski definition) is 0. The lowest BCUT2D eigenvalue weighted by molar-refractivity contribution is 1.43. The van der Waals surface area contributed by atoms with E-state index in [2.05, 4.69) is 70.8 Å². The molecule has 0 N–H and O–H groups in total. The highest BCUT2D eigenvalue weighted by molar-refractivity contribution is 8.78. The Labute approximate surface area is 124 Å². The third-order valence-electron chi connectivity index (χ3n) is 2.75. The third kappa shape index (κ3) is 3.24. The standard InChI is InChI=1S/C8H6S2.C8H6S/c1-2-4-8-7(3-1)5-6-9-10-8;1-2-4-8-6-9-5-7(8)3-1/h1-6H;1-6H. The van der Waals surface area contributed by atoms with Gasteiger partial charge in [-0.25, -0.2) is 0 Å². The van der Waals surface area contributed by atoms with Gasteiger partial charge in [-0.05, 0) is 44.6 Å². The van der Waals surface area contributed by atoms with Crippen LogP contribution in [0.4, 0.5) is 0 Å². The molecule has 2 aromatic carbocycles. The molecule has 3 heteroatoms. The Morgan fingerprint density at radius 1 is 0.737 bits per heavy atom. The average molecular weight is 300 g/mol. The summed E-state index contributed by atoms with van der Waals surface area (Å²) < 4.78 is 0. The fraction of sp³-hybridized carbons (Fsp3) is 0. The maximum Gasteiger partial charge on any atom is 0.0258 e. The van der Waals surface area contributed by atoms with Crippen LogP contribution in [0.25, 0.3) is 16.8 Å². The van der Waals surface area contributed by atoms with E-state index < -0.39 is 0 Å². The molecule has 0 saturated heterocycles. The fourth-order valence-corrected chi connectivity index (χ4v) is 4.40. The van der Waals surface area contributed by atoms with Gasteiger partial charge in [0.25, 0.3) is 0 Å². The Kier molecular flexibility index (Phi) is 4.28. The Bertz CT molecular complexity index is 668. The van der Waals surface area contributed by atoms with Crippen molar-refractivity contribution in [3.8, 4) is 0 Å². The molecule has 0 spiro atoms. The maximum absolute atomic E-state index is 2.16. The first kappa shape index (κ1) is 12.9. The molecule has 0 atom stereocenters. The molecule has 0 saturated carbocycles. The molecule has 1 aliphatic heterocycles. The van der Waals surface area contributed by atoms with E-state index in [1.807, 2.05) is 10.8 Å². The van der Waals surface area contributed by atoms with E-state index in [-0.39, 0.29) is 0 Å². The van der Waals surface area contributed by atoms with Crippen LogP contribution in [-0.4, -0.2) is 0 Å². The van der Waals surface area contributed by atoms with E-state index in [4.69, 9.17) is 0 Å². The van der Waals surface area contributed by atoms with Crippen molar-refractivity contribution in [1.82, 2.24) is 0 Å². The smallest absolute Gasteiger partial charge is 0.0258 e. The van der Waals surface area contributed by atoms with Crippen LogP contribution >= 0.6 is 32.9 Å². The zero-order valence-corrected chi connectivity index (χ0v) is 12.6. The van der Waals surface area contributed by atoms with Crippen LogP contribution in [0.3, 0.4) is 0 Å². The maximum atomic E-state index is 2.16. The molecule has 0 bridgehead atoms. The van der Waals surface area contributed by atoms with Gasteiger partial charge >= 0.3 is 0 Å². The monoisotopic (exact) mass is 300 g/mol. The molecule has 0 radical (unpaired) electrons. The van der Waals surface area contributed by atoms with Gasteiger partial charge in [0, 0.05) is 4.90 Å². The first-order valence-corrected chi connectivity index (χ1v) is 9.09. The SMILES string of the molecule is C1=Cc2ccccc2SS1.c1ccc2cscc2c1. The van der Waals surface area contributed by atoms with Crippen molar-refractivity contribution in [2.45, 2.75) is 4.90 Å². The van der Waals surface area contributed by atoms with Crippen molar-refractivity contribution >= 4 is 49.8 Å². The highest BCUT2D eigenvalue weighted by Gasteiger charge is 2.01. The van der Waals surface area contributed by atoms with Crippen molar-refractivity contribution < 1.29 is 0 Å². The second-order valence-corrected chi connectivity index (χ2v) is 6.91. The second kappa shape index (κ2) is 6.33. The van der Waals surface area contributed by atoms with Gasteiger partial charge in [-0.2, -0.15) is 11.3 Å². The lowest BCUT2D eigenvalue weighted by Gasteiger charge is -2.06. The fourth-order valence-electron chi connectivity index (χ4n) is 1.78. The summed E-state index contributed by atoms with van der Waals surface area (Å²) in [5, 5.41) is 9.14. The normalized spacial score (nSPS) is 12.6. The topological polar surface area (TPSA) is 0 Å². The van der Waals surface area contributed by atoms with Crippen LogP contribution < -0.4 is 0 Å². The molecule has 19 heavy (non-hydrogen) atoms. The van der Waals surface area contributed by atoms with Crippen LogP contribution in [0.5, 0.6) is 0 Å². The van der Waals surface area contributed by atoms with Crippen molar-refractivity contribution in [3.63, 3.8) is 0 Å². The Morgan fingerprint density at radius 2 is 1.42 bits per heavy atom. The zero-order valence-electron chi connectivity index (χ0n) is 10.2. The summed E-state index contributed by atoms with van der Waals surface area (Å²) in [6.07, 6.45) is 2.15. The number of fused-ring (bicyclic) bond motifs is 2. The van der Waals surface area contributed by atoms with Crippen molar-refractivity contribution in [2.24, 2.45) is 0 Å². The molecule has 2 heterocycles. The number of thiophene rings is 1. The first-order chi connectivity index (χ1) is 9.43. The molecule has 0 amide bonds. The zero-order chi connectivity index (χ0) is 12.9. The summed E-state index contributed by atoms with van der Waals surface area (Å²) >= 11 is 1.75. The van der Waals surface area contributed by atoms with Gasteiger partial charge in [0.05, 0.1) is 0 Å². The molecule has 0 aliphatic carbocycles. The highest BCUT2D eigenvalue weighted by Crippen LogP contribution is 2.39. The highest BCUT2D eigenvalue weighted by atomic mass is 33.1. The summed E-state index contributed by atoms with van der Waals surface area (Å²) in [5.41, 5.74) is 1.34. The first-order valence-electron chi connectivity index (χ1n) is 5.93. The van der Waals surface area contributed by atoms with Crippen molar-refractivity contribution in [2.75, 3.05) is 0 Å². The van der Waals surface area contributed by atoms with Gasteiger partial charge in [0.2, 0.25) is 0 Å². The predicted octanol–water partition coefficient (Wildman–Crippen LogP) is 6.31. The largest absolute Gasteiger partial charge is 0.151 e. The van der Waals surface area contributed by atoms with Crippen molar-refractivity contribution in [3.05, 3.63) is 70.3 Å². The van der Waals surface area contributed by atoms with Gasteiger partial charge < -0.3 is 0 Å². The molecule has 3 aromatic rings. The Hall–Kier alpha value is -1.16. The molecule has 0 unspecified atom stereocenters. The lowest BCUT2D eigenvalue weighted by Crippen LogP contribution is -1.77. The molecule has 0 fully saturated rings. The van der Waals surface area contributed by atoms with Gasteiger partial charge in [-0.3, -0.25) is 0 Å². The summed E-state index contributed by atoms with van der Waals surface area (Å²) in [6, 6.07) is 16.8. The van der Waals surface area contributed by atoms with Crippen LogP contribution in [0, 0.1) is 0 Å². The summed E-state index contributed by atoms with van der Waals surface area (Å²) in [5.74, 6) is 0. The lowest BCUT2D eigenvalue weighted by atomic mass is 10.2. The number of rotatable bonds is 0. The summed E-state index contributed by atoms with van der Waals surface area (Å²) in [6.45, 7) is 0. The summed E-state index contributed by atoms with van der Waals surface area (Å²) in [4.78, 5) is 1.37. The second-order valence-electron chi connectivity index (χ2n) is 4.02. The van der Waals surface area contributed by atoms with Crippen molar-refractivity contribution in [1.29, 1.82) is 0 Å². The minimum absolute atomic E-state index is 1.34. The molecule has 4 rings (SSSR count). The Morgan fingerprint density at radius 3 is 2.16 bits per heavy atom. The molecular weight excluding hydrogens is 288 g/mol. The number of benzene rings is 2. The van der Waals surface area contributed by atoms with Crippen LogP contribution in [0.2, 0.25) is 0 Å². The molecule has 0 nitrogen and oxygen atoms in total. The van der Waals surface area contributed by atoms with Crippen LogP contribution in [-0.2, 0) is 0 Å². The van der Waals surface area contributed by atoms with Crippen LogP contribution in [0.1, 0.15) is 5.56 Å². The molecule has 1 aromatic heterocycles. The summed E-state index contributed by atoms with van der Waals surface area (Å²) in [7, 11) is 3.59. The van der Waals surface area contributed by atoms with Gasteiger partial charge in [-0.1, -0.05) is 64.1 Å². The predicted molar refractivity (Wildman–Crippen MR) is 90.7 cm³/mol.